The number of benzene rings is 1. The lowest BCUT2D eigenvalue weighted by Crippen LogP contribution is -2.37. The van der Waals surface area contributed by atoms with E-state index in [1.165, 1.54) is 48.8 Å². The second kappa shape index (κ2) is 7.50. The van der Waals surface area contributed by atoms with Gasteiger partial charge in [-0.1, -0.05) is 0 Å². The van der Waals surface area contributed by atoms with E-state index in [0.717, 1.165) is 8.87 Å². The quantitative estimate of drug-likeness (QED) is 0.573. The molecule has 1 fully saturated rings. The molecule has 1 aromatic heterocycles. The lowest BCUT2D eigenvalue weighted by molar-refractivity contribution is -0.118. The number of aliphatic imine (C=N–C) groups is 1. The molecule has 30 heavy (non-hydrogen) atoms. The van der Waals surface area contributed by atoms with Gasteiger partial charge in [0.05, 0.1) is 28.9 Å². The molecule has 0 radical (unpaired) electrons. The highest BCUT2D eigenvalue weighted by Crippen LogP contribution is 2.18. The number of fused-ring (bicyclic) bond motifs is 1. The number of nitrogens with zero attached hydrogens (tertiary/aromatic N) is 5. The first-order valence-corrected chi connectivity index (χ1v) is 10.2. The monoisotopic (exact) mass is 436 g/mol. The molecule has 1 aromatic carbocycles. The van der Waals surface area contributed by atoms with E-state index in [4.69, 9.17) is 0 Å². The summed E-state index contributed by atoms with van der Waals surface area (Å²) in [5, 5.41) is 2.45. The molecule has 2 amide bonds. The van der Waals surface area contributed by atoms with E-state index in [1.54, 1.807) is 7.05 Å². The third-order valence-electron chi connectivity index (χ3n) is 4.73. The number of amides is 2. The fraction of sp³-hybridized carbons (Fsp3) is 0.353. The van der Waals surface area contributed by atoms with E-state index >= 15 is 0 Å². The van der Waals surface area contributed by atoms with E-state index in [-0.39, 0.29) is 34.2 Å². The third kappa shape index (κ3) is 3.64. The van der Waals surface area contributed by atoms with Crippen molar-refractivity contribution in [1.82, 2.24) is 23.7 Å². The van der Waals surface area contributed by atoms with Crippen molar-refractivity contribution < 1.29 is 18.0 Å². The van der Waals surface area contributed by atoms with Crippen molar-refractivity contribution in [2.75, 3.05) is 27.2 Å². The number of likely N-dealkylation sites (N-methyl/N-ethyl adjacent to an activating group) is 2. The summed E-state index contributed by atoms with van der Waals surface area (Å²) in [5.41, 5.74) is -0.878. The van der Waals surface area contributed by atoms with Crippen molar-refractivity contribution in [3.63, 3.8) is 0 Å². The number of sulfonamides is 1. The fourth-order valence-electron chi connectivity index (χ4n) is 3.01. The molecular formula is C17H20N6O6S. The van der Waals surface area contributed by atoms with Crippen LogP contribution >= 0.6 is 0 Å². The summed E-state index contributed by atoms with van der Waals surface area (Å²) in [4.78, 5) is 52.9. The second-order valence-electron chi connectivity index (χ2n) is 6.88. The Morgan fingerprint density at radius 1 is 1.17 bits per heavy atom. The van der Waals surface area contributed by atoms with Gasteiger partial charge < -0.3 is 4.90 Å². The molecule has 2 heterocycles. The Labute approximate surface area is 171 Å². The van der Waals surface area contributed by atoms with Crippen molar-refractivity contribution in [1.29, 1.82) is 0 Å². The van der Waals surface area contributed by atoms with Gasteiger partial charge in [-0.25, -0.2) is 13.2 Å². The van der Waals surface area contributed by atoms with Gasteiger partial charge in [-0.2, -0.15) is 9.30 Å². The molecule has 0 bridgehead atoms. The number of nitrogens with one attached hydrogen (secondary N) is 1. The minimum Gasteiger partial charge on any atom is -0.336 e. The van der Waals surface area contributed by atoms with E-state index in [1.807, 2.05) is 0 Å². The third-order valence-corrected chi connectivity index (χ3v) is 6.53. The predicted octanol–water partition coefficient (Wildman–Crippen LogP) is -2.20. The lowest BCUT2D eigenvalue weighted by atomic mass is 10.2. The number of aryl methyl sites for hydroxylation is 1. The topological polar surface area (TPSA) is 143 Å². The van der Waals surface area contributed by atoms with Crippen LogP contribution in [0.2, 0.25) is 0 Å². The molecule has 1 saturated heterocycles. The highest BCUT2D eigenvalue weighted by atomic mass is 32.2. The summed E-state index contributed by atoms with van der Waals surface area (Å²) in [7, 11) is 1.41. The number of guanidine groups is 1. The van der Waals surface area contributed by atoms with Crippen LogP contribution in [0, 0.1) is 0 Å². The normalized spacial score (nSPS) is 16.0. The van der Waals surface area contributed by atoms with Gasteiger partial charge in [0.25, 0.3) is 11.5 Å². The van der Waals surface area contributed by atoms with Crippen LogP contribution in [-0.2, 0) is 33.7 Å². The van der Waals surface area contributed by atoms with Crippen molar-refractivity contribution in [3.05, 3.63) is 39.0 Å². The molecule has 1 aliphatic heterocycles. The van der Waals surface area contributed by atoms with Gasteiger partial charge in [-0.15, -0.1) is 0 Å². The Balaban J connectivity index is 1.93. The molecule has 3 rings (SSSR count). The van der Waals surface area contributed by atoms with Crippen LogP contribution in [0.5, 0.6) is 0 Å². The highest BCUT2D eigenvalue weighted by molar-refractivity contribution is 7.89. The average molecular weight is 436 g/mol. The van der Waals surface area contributed by atoms with Gasteiger partial charge in [0.2, 0.25) is 21.9 Å². The number of rotatable bonds is 4. The minimum atomic E-state index is -4.13. The van der Waals surface area contributed by atoms with Crippen LogP contribution < -0.4 is 16.6 Å². The smallest absolute Gasteiger partial charge is 0.330 e. The molecule has 13 heteroatoms. The molecule has 1 N–H and O–H groups in total. The first kappa shape index (κ1) is 21.4. The Bertz CT molecular complexity index is 1320. The molecule has 160 valence electrons. The van der Waals surface area contributed by atoms with Gasteiger partial charge >= 0.3 is 5.69 Å². The summed E-state index contributed by atoms with van der Waals surface area (Å²) in [6.45, 7) is -0.520. The summed E-state index contributed by atoms with van der Waals surface area (Å²) in [6.07, 6.45) is 0. The van der Waals surface area contributed by atoms with E-state index < -0.39 is 33.7 Å². The van der Waals surface area contributed by atoms with E-state index in [0.29, 0.717) is 0 Å². The molecule has 0 atom stereocenters. The number of hydrogen-bond acceptors (Lipinski definition) is 6. The number of hydrogen-bond donors (Lipinski definition) is 1. The van der Waals surface area contributed by atoms with Crippen molar-refractivity contribution in [3.8, 4) is 0 Å². The van der Waals surface area contributed by atoms with E-state index in [9.17, 15) is 27.6 Å². The molecule has 12 nitrogen and oxygen atoms in total. The van der Waals surface area contributed by atoms with Crippen molar-refractivity contribution >= 4 is 38.7 Å². The van der Waals surface area contributed by atoms with Crippen LogP contribution in [0.3, 0.4) is 0 Å². The van der Waals surface area contributed by atoms with Gasteiger partial charge in [0.15, 0.2) is 0 Å². The Kier molecular flexibility index (Phi) is 5.34. The van der Waals surface area contributed by atoms with Gasteiger partial charge in [-0.3, -0.25) is 28.8 Å². The Morgan fingerprint density at radius 3 is 2.43 bits per heavy atom. The van der Waals surface area contributed by atoms with Crippen LogP contribution in [0.1, 0.15) is 0 Å². The molecule has 1 aliphatic rings. The van der Waals surface area contributed by atoms with Crippen molar-refractivity contribution in [2.45, 2.75) is 4.90 Å². The van der Waals surface area contributed by atoms with Crippen LogP contribution in [0.25, 0.3) is 10.9 Å². The first-order chi connectivity index (χ1) is 13.9. The minimum absolute atomic E-state index is 0.0471. The van der Waals surface area contributed by atoms with Crippen LogP contribution in [0.4, 0.5) is 0 Å². The van der Waals surface area contributed by atoms with Gasteiger partial charge in [-0.05, 0) is 18.2 Å². The summed E-state index contributed by atoms with van der Waals surface area (Å²) in [5.74, 6) is -1.05. The molecular weight excluding hydrogens is 416 g/mol. The molecule has 0 saturated carbocycles. The summed E-state index contributed by atoms with van der Waals surface area (Å²) >= 11 is 0. The molecule has 2 aromatic rings. The lowest BCUT2D eigenvalue weighted by Gasteiger charge is -2.16. The molecule has 0 spiro atoms. The zero-order valence-corrected chi connectivity index (χ0v) is 17.6. The SMILES string of the molecule is CN1CC(=O)NC1=NC(=O)CN(C)S(=O)(=O)c1ccc2c(c1)c(=O)n(C)c(=O)n2C. The number of aromatic nitrogens is 2. The van der Waals surface area contributed by atoms with Gasteiger partial charge in [0.1, 0.15) is 0 Å². The highest BCUT2D eigenvalue weighted by Gasteiger charge is 2.26. The summed E-state index contributed by atoms with van der Waals surface area (Å²) < 4.78 is 28.7. The fourth-order valence-corrected chi connectivity index (χ4v) is 4.15. The predicted molar refractivity (Wildman–Crippen MR) is 107 cm³/mol. The maximum Gasteiger partial charge on any atom is 0.330 e. The Hall–Kier alpha value is -3.32. The van der Waals surface area contributed by atoms with E-state index in [2.05, 4.69) is 10.3 Å². The average Bonchev–Trinajstić information content (AvgIpc) is 3.00. The van der Waals surface area contributed by atoms with Gasteiger partial charge in [0, 0.05) is 28.2 Å². The van der Waals surface area contributed by atoms with Crippen LogP contribution in [0.15, 0.2) is 37.7 Å². The summed E-state index contributed by atoms with van der Waals surface area (Å²) in [6, 6.07) is 3.79. The standard InChI is InChI=1S/C17H20N6O6S/c1-20-8-13(24)18-16(20)19-14(25)9-21(2)30(28,29)10-5-6-12-11(7-10)15(26)23(4)17(27)22(12)3/h5-7H,8-9H2,1-4H3,(H,18,19,24,25). The maximum absolute atomic E-state index is 12.9. The largest absolute Gasteiger partial charge is 0.336 e. The molecule has 0 aliphatic carbocycles. The number of carbonyl (C=O) groups is 2. The molecule has 0 unspecified atom stereocenters. The Morgan fingerprint density at radius 2 is 1.83 bits per heavy atom. The zero-order chi connectivity index (χ0) is 22.4. The van der Waals surface area contributed by atoms with Crippen molar-refractivity contribution in [2.24, 2.45) is 19.1 Å². The number of carbonyl (C=O) groups excluding carboxylic acids is 2. The van der Waals surface area contributed by atoms with Crippen LogP contribution in [-0.4, -0.2) is 71.7 Å². The zero-order valence-electron chi connectivity index (χ0n) is 16.7. The first-order valence-electron chi connectivity index (χ1n) is 8.72. The second-order valence-corrected chi connectivity index (χ2v) is 8.92. The maximum atomic E-state index is 12.9.